The number of rotatable bonds is 2. The molecule has 1 atom stereocenters. The first-order valence-electron chi connectivity index (χ1n) is 3.97. The number of hydrogen-bond donors (Lipinski definition) is 1. The van der Waals surface area contributed by atoms with Crippen LogP contribution in [-0.4, -0.2) is 37.6 Å². The maximum Gasteiger partial charge on any atom is -0.00159 e. The molecule has 1 aliphatic rings. The molecule has 62 valence electrons. The normalized spacial score (nSPS) is 34.1. The predicted molar refractivity (Wildman–Crippen MR) is 51.2 cm³/mol. The van der Waals surface area contributed by atoms with Gasteiger partial charge in [-0.05, 0) is 49.9 Å². The van der Waals surface area contributed by atoms with E-state index in [1.165, 1.54) is 24.5 Å². The molecule has 1 nitrogen and oxygen atoms in total. The summed E-state index contributed by atoms with van der Waals surface area (Å²) in [6.45, 7) is 1.23. The monoisotopic (exact) mass is 161 g/mol. The fraction of sp³-hybridized carbons (Fsp3) is 1.00. The molecule has 0 aromatic heterocycles. The second-order valence-electron chi connectivity index (χ2n) is 3.85. The number of hydrogen-bond acceptors (Lipinski definition) is 1. The summed E-state index contributed by atoms with van der Waals surface area (Å²) in [5.41, 5.74) is 0. The second-order valence-corrected chi connectivity index (χ2v) is 8.13. The van der Waals surface area contributed by atoms with Gasteiger partial charge in [-0.25, -0.2) is 10.0 Å². The smallest absolute Gasteiger partial charge is 0.00159 e. The molecule has 1 aliphatic heterocycles. The lowest BCUT2D eigenvalue weighted by Gasteiger charge is -2.24. The predicted octanol–water partition coefficient (Wildman–Crippen LogP) is 1.29. The molecule has 1 rings (SSSR count). The van der Waals surface area contributed by atoms with Crippen molar-refractivity contribution in [2.75, 3.05) is 37.6 Å². The van der Waals surface area contributed by atoms with E-state index in [-0.39, 0.29) is 10.0 Å². The molecule has 10 heavy (non-hydrogen) atoms. The molecule has 0 bridgehead atoms. The maximum atomic E-state index is 3.26. The topological polar surface area (TPSA) is 12.0 Å². The summed E-state index contributed by atoms with van der Waals surface area (Å²) in [6, 6.07) is 0. The molecular weight excluding hydrogens is 142 g/mol. The Morgan fingerprint density at radius 3 is 2.60 bits per heavy atom. The maximum absolute atomic E-state index is 3.26. The van der Waals surface area contributed by atoms with Crippen LogP contribution in [0.15, 0.2) is 0 Å². The van der Waals surface area contributed by atoms with E-state index in [4.69, 9.17) is 0 Å². The first-order chi connectivity index (χ1) is 4.64. The van der Waals surface area contributed by atoms with Gasteiger partial charge in [0.15, 0.2) is 0 Å². The molecule has 0 radical (unpaired) electrons. The Bertz CT molecular complexity index is 112. The molecule has 0 aliphatic carbocycles. The van der Waals surface area contributed by atoms with E-state index in [1.807, 2.05) is 0 Å². The van der Waals surface area contributed by atoms with Gasteiger partial charge in [-0.2, -0.15) is 0 Å². The minimum Gasteiger partial charge on any atom is -0.319 e. The van der Waals surface area contributed by atoms with Crippen LogP contribution in [0.5, 0.6) is 0 Å². The van der Waals surface area contributed by atoms with Gasteiger partial charge in [0, 0.05) is 0 Å². The highest BCUT2D eigenvalue weighted by Gasteiger charge is 2.25. The van der Waals surface area contributed by atoms with Crippen molar-refractivity contribution in [1.82, 2.24) is 5.32 Å². The SMILES string of the molecule is CNCC1CCS(C)(C)C1. The highest BCUT2D eigenvalue weighted by Crippen LogP contribution is 2.48. The Labute approximate surface area is 65.9 Å². The largest absolute Gasteiger partial charge is 0.319 e. The van der Waals surface area contributed by atoms with Crippen molar-refractivity contribution < 1.29 is 0 Å². The summed E-state index contributed by atoms with van der Waals surface area (Å²) in [6.07, 6.45) is 6.38. The van der Waals surface area contributed by atoms with E-state index in [0.29, 0.717) is 0 Å². The summed E-state index contributed by atoms with van der Waals surface area (Å²) < 4.78 is 0. The summed E-state index contributed by atoms with van der Waals surface area (Å²) >= 11 is 0. The average molecular weight is 161 g/mol. The van der Waals surface area contributed by atoms with Gasteiger partial charge in [0.1, 0.15) is 0 Å². The van der Waals surface area contributed by atoms with E-state index in [2.05, 4.69) is 24.9 Å². The van der Waals surface area contributed by atoms with Crippen molar-refractivity contribution >= 4 is 10.0 Å². The standard InChI is InChI=1S/C8H19NS/c1-9-6-8-4-5-10(2,3)7-8/h8-9H,4-7H2,1-3H3. The number of nitrogens with one attached hydrogen (secondary N) is 1. The minimum atomic E-state index is -0.158. The third-order valence-electron chi connectivity index (χ3n) is 2.26. The van der Waals surface area contributed by atoms with Gasteiger partial charge in [0.2, 0.25) is 0 Å². The molecular formula is C8H19NS. The van der Waals surface area contributed by atoms with E-state index >= 15 is 0 Å². The molecule has 1 N–H and O–H groups in total. The summed E-state index contributed by atoms with van der Waals surface area (Å²) in [4.78, 5) is 0. The fourth-order valence-corrected chi connectivity index (χ4v) is 4.44. The van der Waals surface area contributed by atoms with Gasteiger partial charge < -0.3 is 5.32 Å². The van der Waals surface area contributed by atoms with Crippen molar-refractivity contribution in [3.63, 3.8) is 0 Å². The molecule has 1 heterocycles. The van der Waals surface area contributed by atoms with Gasteiger partial charge in [-0.3, -0.25) is 0 Å². The third-order valence-corrected chi connectivity index (χ3v) is 4.97. The van der Waals surface area contributed by atoms with Gasteiger partial charge in [-0.15, -0.1) is 0 Å². The highest BCUT2D eigenvalue weighted by molar-refractivity contribution is 8.32. The Kier molecular flexibility index (Phi) is 2.64. The van der Waals surface area contributed by atoms with Gasteiger partial charge in [-0.1, -0.05) is 0 Å². The van der Waals surface area contributed by atoms with Crippen molar-refractivity contribution in [1.29, 1.82) is 0 Å². The van der Waals surface area contributed by atoms with Crippen LogP contribution in [-0.2, 0) is 0 Å². The molecule has 0 amide bonds. The van der Waals surface area contributed by atoms with Gasteiger partial charge in [0.05, 0.1) is 0 Å². The van der Waals surface area contributed by atoms with Crippen LogP contribution in [0.1, 0.15) is 6.42 Å². The second kappa shape index (κ2) is 3.14. The van der Waals surface area contributed by atoms with E-state index in [1.54, 1.807) is 0 Å². The van der Waals surface area contributed by atoms with Crippen molar-refractivity contribution in [2.24, 2.45) is 5.92 Å². The van der Waals surface area contributed by atoms with E-state index in [9.17, 15) is 0 Å². The molecule has 0 aromatic carbocycles. The van der Waals surface area contributed by atoms with Crippen LogP contribution in [0, 0.1) is 5.92 Å². The molecule has 1 fully saturated rings. The Morgan fingerprint density at radius 2 is 2.20 bits per heavy atom. The van der Waals surface area contributed by atoms with Crippen LogP contribution in [0.2, 0.25) is 0 Å². The van der Waals surface area contributed by atoms with Crippen molar-refractivity contribution in [2.45, 2.75) is 6.42 Å². The lowest BCUT2D eigenvalue weighted by atomic mass is 10.1. The van der Waals surface area contributed by atoms with Crippen LogP contribution >= 0.6 is 10.0 Å². The van der Waals surface area contributed by atoms with Crippen molar-refractivity contribution in [3.8, 4) is 0 Å². The molecule has 2 heteroatoms. The zero-order valence-corrected chi connectivity index (χ0v) is 8.13. The van der Waals surface area contributed by atoms with E-state index < -0.39 is 0 Å². The quantitative estimate of drug-likeness (QED) is 0.643. The van der Waals surface area contributed by atoms with Gasteiger partial charge in [0.25, 0.3) is 0 Å². The fourth-order valence-electron chi connectivity index (χ4n) is 1.74. The Morgan fingerprint density at radius 1 is 1.50 bits per heavy atom. The molecule has 0 aromatic rings. The Hall–Kier alpha value is 0.310. The summed E-state index contributed by atoms with van der Waals surface area (Å²) in [5.74, 6) is 3.97. The lowest BCUT2D eigenvalue weighted by Crippen LogP contribution is -2.18. The van der Waals surface area contributed by atoms with Gasteiger partial charge >= 0.3 is 0 Å². The molecule has 0 spiro atoms. The van der Waals surface area contributed by atoms with Crippen LogP contribution in [0.25, 0.3) is 0 Å². The average Bonchev–Trinajstić information content (AvgIpc) is 2.12. The summed E-state index contributed by atoms with van der Waals surface area (Å²) in [5, 5.41) is 3.26. The molecule has 1 saturated heterocycles. The molecule has 0 saturated carbocycles. The third kappa shape index (κ3) is 2.17. The van der Waals surface area contributed by atoms with Crippen LogP contribution < -0.4 is 5.32 Å². The summed E-state index contributed by atoms with van der Waals surface area (Å²) in [7, 11) is 1.90. The van der Waals surface area contributed by atoms with Crippen LogP contribution in [0.4, 0.5) is 0 Å². The van der Waals surface area contributed by atoms with Crippen molar-refractivity contribution in [3.05, 3.63) is 0 Å². The molecule has 1 unspecified atom stereocenters. The Balaban J connectivity index is 2.29. The van der Waals surface area contributed by atoms with Crippen LogP contribution in [0.3, 0.4) is 0 Å². The first-order valence-corrected chi connectivity index (χ1v) is 6.76. The minimum absolute atomic E-state index is 0.158. The highest BCUT2D eigenvalue weighted by atomic mass is 32.3. The lowest BCUT2D eigenvalue weighted by molar-refractivity contribution is 0.557. The zero-order chi connectivity index (χ0) is 7.61. The zero-order valence-electron chi connectivity index (χ0n) is 7.31. The van der Waals surface area contributed by atoms with E-state index in [0.717, 1.165) is 5.92 Å². The first kappa shape index (κ1) is 8.41.